The highest BCUT2D eigenvalue weighted by atomic mass is 16.5. The van der Waals surface area contributed by atoms with Gasteiger partial charge in [-0.3, -0.25) is 9.78 Å². The number of carbonyl (C=O) groups excluding carboxylic acids is 1. The van der Waals surface area contributed by atoms with Gasteiger partial charge in [0.2, 0.25) is 0 Å². The molecule has 0 bridgehead atoms. The number of benzene rings is 1. The summed E-state index contributed by atoms with van der Waals surface area (Å²) in [7, 11) is 1.68. The molecular weight excluding hydrogens is 340 g/mol. The molecule has 27 heavy (non-hydrogen) atoms. The quantitative estimate of drug-likeness (QED) is 0.898. The molecule has 1 saturated heterocycles. The second-order valence-corrected chi connectivity index (χ2v) is 7.76. The Labute approximate surface area is 161 Å². The molecule has 144 valence electrons. The molecule has 0 radical (unpaired) electrons. The molecule has 0 aliphatic carbocycles. The minimum atomic E-state index is -0.0674. The van der Waals surface area contributed by atoms with Crippen molar-refractivity contribution in [2.24, 2.45) is 0 Å². The number of ether oxygens (including phenoxy) is 1. The number of hydrogen-bond acceptors (Lipinski definition) is 5. The third-order valence-electron chi connectivity index (χ3n) is 4.49. The van der Waals surface area contributed by atoms with E-state index in [1.54, 1.807) is 13.3 Å². The number of hydrogen-bond donors (Lipinski definition) is 1. The van der Waals surface area contributed by atoms with Gasteiger partial charge in [0.15, 0.2) is 0 Å². The van der Waals surface area contributed by atoms with E-state index in [9.17, 15) is 4.79 Å². The van der Waals surface area contributed by atoms with Crippen molar-refractivity contribution in [1.29, 1.82) is 0 Å². The Bertz CT molecular complexity index is 793. The summed E-state index contributed by atoms with van der Waals surface area (Å²) in [6, 6.07) is 11.7. The first-order valence-electron chi connectivity index (χ1n) is 9.29. The minimum absolute atomic E-state index is 0.0211. The van der Waals surface area contributed by atoms with Crippen LogP contribution >= 0.6 is 0 Å². The molecule has 1 aromatic carbocycles. The van der Waals surface area contributed by atoms with Gasteiger partial charge in [-0.15, -0.1) is 0 Å². The third kappa shape index (κ3) is 4.70. The van der Waals surface area contributed by atoms with Crippen molar-refractivity contribution in [3.8, 4) is 5.75 Å². The van der Waals surface area contributed by atoms with Gasteiger partial charge in [0, 0.05) is 43.6 Å². The molecule has 0 spiro atoms. The van der Waals surface area contributed by atoms with Crippen LogP contribution in [0.1, 0.15) is 31.3 Å². The van der Waals surface area contributed by atoms with Gasteiger partial charge in [-0.05, 0) is 45.0 Å². The zero-order valence-corrected chi connectivity index (χ0v) is 16.5. The number of nitrogens with one attached hydrogen (secondary N) is 1. The van der Waals surface area contributed by atoms with E-state index >= 15 is 0 Å². The summed E-state index contributed by atoms with van der Waals surface area (Å²) >= 11 is 0. The molecule has 0 atom stereocenters. The van der Waals surface area contributed by atoms with Crippen LogP contribution in [0.3, 0.4) is 0 Å². The second kappa shape index (κ2) is 7.86. The molecule has 0 saturated carbocycles. The van der Waals surface area contributed by atoms with Gasteiger partial charge in [-0.1, -0.05) is 12.1 Å². The number of rotatable bonds is 4. The molecule has 3 rings (SSSR count). The monoisotopic (exact) mass is 368 g/mol. The summed E-state index contributed by atoms with van der Waals surface area (Å²) in [6.45, 7) is 9.13. The molecule has 0 unspecified atom stereocenters. The molecular formula is C21H28N4O2. The molecule has 1 aliphatic heterocycles. The number of anilines is 2. The van der Waals surface area contributed by atoms with Gasteiger partial charge in [0.1, 0.15) is 11.4 Å². The lowest BCUT2D eigenvalue weighted by atomic mass is 10.1. The van der Waals surface area contributed by atoms with E-state index < -0.39 is 0 Å². The molecule has 6 heteroatoms. The predicted molar refractivity (Wildman–Crippen MR) is 109 cm³/mol. The molecule has 1 aliphatic rings. The summed E-state index contributed by atoms with van der Waals surface area (Å²) in [5.74, 6) is 0.840. The smallest absolute Gasteiger partial charge is 0.272 e. The van der Waals surface area contributed by atoms with Crippen molar-refractivity contribution < 1.29 is 9.53 Å². The molecule has 1 fully saturated rings. The Morgan fingerprint density at radius 1 is 1.11 bits per heavy atom. The molecule has 1 N–H and O–H groups in total. The zero-order chi connectivity index (χ0) is 19.4. The summed E-state index contributed by atoms with van der Waals surface area (Å²) in [5, 5.41) is 3.39. The maximum Gasteiger partial charge on any atom is 0.272 e. The largest absolute Gasteiger partial charge is 0.495 e. The number of carbonyl (C=O) groups is 1. The topological polar surface area (TPSA) is 57.7 Å². The fraction of sp³-hybridized carbons (Fsp3) is 0.429. The van der Waals surface area contributed by atoms with Crippen LogP contribution in [-0.4, -0.2) is 54.6 Å². The zero-order valence-electron chi connectivity index (χ0n) is 16.5. The summed E-state index contributed by atoms with van der Waals surface area (Å²) in [5.41, 5.74) is 2.40. The van der Waals surface area contributed by atoms with E-state index in [4.69, 9.17) is 4.74 Å². The lowest BCUT2D eigenvalue weighted by molar-refractivity contribution is 0.0741. The van der Waals surface area contributed by atoms with Crippen LogP contribution < -0.4 is 15.0 Å². The van der Waals surface area contributed by atoms with Crippen LogP contribution in [0.5, 0.6) is 5.75 Å². The Hall–Kier alpha value is -2.76. The van der Waals surface area contributed by atoms with E-state index in [1.165, 1.54) is 0 Å². The van der Waals surface area contributed by atoms with Crippen molar-refractivity contribution >= 4 is 17.3 Å². The fourth-order valence-electron chi connectivity index (χ4n) is 3.26. The maximum absolute atomic E-state index is 12.9. The van der Waals surface area contributed by atoms with Crippen molar-refractivity contribution in [2.75, 3.05) is 43.5 Å². The van der Waals surface area contributed by atoms with Crippen LogP contribution in [-0.2, 0) is 0 Å². The van der Waals surface area contributed by atoms with Crippen molar-refractivity contribution in [2.45, 2.75) is 26.3 Å². The van der Waals surface area contributed by atoms with Crippen molar-refractivity contribution in [1.82, 2.24) is 9.88 Å². The standard InChI is InChI=1S/C21H28N4O2/c1-21(2,3)23-16-9-10-22-17(15-16)20(26)25-13-11-24(12-14-25)18-7-5-6-8-19(18)27-4/h5-10,15H,11-14H2,1-4H3,(H,22,23). The number of aromatic nitrogens is 1. The molecule has 2 aromatic rings. The van der Waals surface area contributed by atoms with E-state index in [2.05, 4.69) is 42.0 Å². The van der Waals surface area contributed by atoms with Crippen LogP contribution in [0, 0.1) is 0 Å². The van der Waals surface area contributed by atoms with E-state index in [0.29, 0.717) is 18.8 Å². The van der Waals surface area contributed by atoms with Gasteiger partial charge in [0.05, 0.1) is 12.8 Å². The number of para-hydroxylation sites is 2. The van der Waals surface area contributed by atoms with Crippen molar-refractivity contribution in [3.63, 3.8) is 0 Å². The number of nitrogens with zero attached hydrogens (tertiary/aromatic N) is 3. The van der Waals surface area contributed by atoms with Crippen LogP contribution in [0.2, 0.25) is 0 Å². The fourth-order valence-corrected chi connectivity index (χ4v) is 3.26. The van der Waals surface area contributed by atoms with Gasteiger partial charge >= 0.3 is 0 Å². The number of pyridine rings is 1. The van der Waals surface area contributed by atoms with Crippen LogP contribution in [0.4, 0.5) is 11.4 Å². The van der Waals surface area contributed by atoms with E-state index in [-0.39, 0.29) is 11.4 Å². The number of piperazine rings is 1. The molecule has 6 nitrogen and oxygen atoms in total. The lowest BCUT2D eigenvalue weighted by Gasteiger charge is -2.36. The SMILES string of the molecule is COc1ccccc1N1CCN(C(=O)c2cc(NC(C)(C)C)ccn2)CC1. The molecule has 2 heterocycles. The first-order valence-corrected chi connectivity index (χ1v) is 9.29. The van der Waals surface area contributed by atoms with Gasteiger partial charge in [-0.25, -0.2) is 0 Å². The average molecular weight is 368 g/mol. The highest BCUT2D eigenvalue weighted by molar-refractivity contribution is 5.93. The third-order valence-corrected chi connectivity index (χ3v) is 4.49. The van der Waals surface area contributed by atoms with Gasteiger partial charge in [-0.2, -0.15) is 0 Å². The first kappa shape index (κ1) is 19.0. The molecule has 1 aromatic heterocycles. The minimum Gasteiger partial charge on any atom is -0.495 e. The number of amides is 1. The molecule has 1 amide bonds. The van der Waals surface area contributed by atoms with Gasteiger partial charge in [0.25, 0.3) is 5.91 Å². The summed E-state index contributed by atoms with van der Waals surface area (Å²) in [6.07, 6.45) is 1.69. The lowest BCUT2D eigenvalue weighted by Crippen LogP contribution is -2.49. The summed E-state index contributed by atoms with van der Waals surface area (Å²) < 4.78 is 5.46. The Kier molecular flexibility index (Phi) is 5.54. The number of methoxy groups -OCH3 is 1. The maximum atomic E-state index is 12.9. The second-order valence-electron chi connectivity index (χ2n) is 7.76. The van der Waals surface area contributed by atoms with Gasteiger partial charge < -0.3 is 19.9 Å². The van der Waals surface area contributed by atoms with Crippen molar-refractivity contribution in [3.05, 3.63) is 48.3 Å². The Balaban J connectivity index is 1.66. The van der Waals surface area contributed by atoms with Crippen LogP contribution in [0.25, 0.3) is 0 Å². The normalized spacial score (nSPS) is 14.8. The van der Waals surface area contributed by atoms with E-state index in [1.807, 2.05) is 35.2 Å². The Morgan fingerprint density at radius 3 is 2.48 bits per heavy atom. The summed E-state index contributed by atoms with van der Waals surface area (Å²) in [4.78, 5) is 21.3. The highest BCUT2D eigenvalue weighted by Gasteiger charge is 2.24. The highest BCUT2D eigenvalue weighted by Crippen LogP contribution is 2.28. The Morgan fingerprint density at radius 2 is 1.81 bits per heavy atom. The predicted octanol–water partition coefficient (Wildman–Crippen LogP) is 3.26. The van der Waals surface area contributed by atoms with Crippen LogP contribution in [0.15, 0.2) is 42.6 Å². The van der Waals surface area contributed by atoms with E-state index in [0.717, 1.165) is 30.2 Å². The average Bonchev–Trinajstić information content (AvgIpc) is 2.66. The first-order chi connectivity index (χ1) is 12.9.